The van der Waals surface area contributed by atoms with E-state index in [1.807, 2.05) is 7.05 Å². The van der Waals surface area contributed by atoms with Crippen LogP contribution in [0.15, 0.2) is 53.5 Å². The van der Waals surface area contributed by atoms with Gasteiger partial charge in [0.05, 0.1) is 7.11 Å². The lowest BCUT2D eigenvalue weighted by atomic mass is 9.88. The number of nitrogens with zero attached hydrogens (tertiary/aromatic N) is 1. The van der Waals surface area contributed by atoms with Crippen LogP contribution in [0.25, 0.3) is 0 Å². The molecule has 1 saturated heterocycles. The van der Waals surface area contributed by atoms with Gasteiger partial charge in [0.2, 0.25) is 0 Å². The lowest BCUT2D eigenvalue weighted by Crippen LogP contribution is -2.58. The van der Waals surface area contributed by atoms with Crippen LogP contribution in [-0.4, -0.2) is 52.0 Å². The van der Waals surface area contributed by atoms with Crippen molar-refractivity contribution in [2.75, 3.05) is 40.5 Å². The molecule has 0 aromatic heterocycles. The molecule has 3 rings (SSSR count). The van der Waals surface area contributed by atoms with Crippen molar-refractivity contribution in [1.82, 2.24) is 16.0 Å². The highest BCUT2D eigenvalue weighted by atomic mass is 16.5. The van der Waals surface area contributed by atoms with Gasteiger partial charge in [-0.3, -0.25) is 4.99 Å². The number of aryl methyl sites for hydroxylation is 1. The zero-order chi connectivity index (χ0) is 22.8. The van der Waals surface area contributed by atoms with E-state index in [0.29, 0.717) is 0 Å². The van der Waals surface area contributed by atoms with Crippen molar-refractivity contribution in [3.8, 4) is 5.75 Å². The smallest absolute Gasteiger partial charge is 0.191 e. The first-order valence-electron chi connectivity index (χ1n) is 11.5. The summed E-state index contributed by atoms with van der Waals surface area (Å²) < 4.78 is 11.1. The summed E-state index contributed by atoms with van der Waals surface area (Å²) in [6.07, 6.45) is 2.84. The summed E-state index contributed by atoms with van der Waals surface area (Å²) in [6.45, 7) is 7.44. The molecule has 1 atom stereocenters. The van der Waals surface area contributed by atoms with E-state index in [4.69, 9.17) is 9.47 Å². The van der Waals surface area contributed by atoms with E-state index in [2.05, 4.69) is 83.3 Å². The SMILES string of the molecule is CN=C(NCCc1ccc(C)c(OC)c1)NCC1(NC(C)c2ccccc2)CCOCC1. The predicted octanol–water partition coefficient (Wildman–Crippen LogP) is 3.61. The van der Waals surface area contributed by atoms with Crippen LogP contribution in [-0.2, 0) is 11.2 Å². The van der Waals surface area contributed by atoms with Crippen LogP contribution >= 0.6 is 0 Å². The zero-order valence-corrected chi connectivity index (χ0v) is 19.9. The molecule has 1 aliphatic heterocycles. The zero-order valence-electron chi connectivity index (χ0n) is 19.9. The van der Waals surface area contributed by atoms with Gasteiger partial charge in [-0.1, -0.05) is 42.5 Å². The Balaban J connectivity index is 1.54. The minimum Gasteiger partial charge on any atom is -0.496 e. The Morgan fingerprint density at radius 1 is 1.12 bits per heavy atom. The van der Waals surface area contributed by atoms with E-state index in [9.17, 15) is 0 Å². The standard InChI is InChI=1S/C26H38N4O2/c1-20-10-11-22(18-24(20)31-4)12-15-28-25(27-3)29-19-26(13-16-32-17-14-26)30-21(2)23-8-6-5-7-9-23/h5-11,18,21,30H,12-17,19H2,1-4H3,(H2,27,28,29). The number of hydrogen-bond donors (Lipinski definition) is 3. The van der Waals surface area contributed by atoms with Gasteiger partial charge in [-0.05, 0) is 55.9 Å². The molecule has 32 heavy (non-hydrogen) atoms. The van der Waals surface area contributed by atoms with Gasteiger partial charge in [-0.2, -0.15) is 0 Å². The minimum atomic E-state index is -0.0323. The predicted molar refractivity (Wildman–Crippen MR) is 132 cm³/mol. The van der Waals surface area contributed by atoms with Crippen LogP contribution < -0.4 is 20.7 Å². The molecule has 2 aromatic carbocycles. The largest absolute Gasteiger partial charge is 0.496 e. The van der Waals surface area contributed by atoms with Crippen LogP contribution in [0.3, 0.4) is 0 Å². The van der Waals surface area contributed by atoms with Crippen LogP contribution in [0.4, 0.5) is 0 Å². The van der Waals surface area contributed by atoms with E-state index in [1.54, 1.807) is 7.11 Å². The first-order valence-corrected chi connectivity index (χ1v) is 11.5. The van der Waals surface area contributed by atoms with E-state index >= 15 is 0 Å². The number of guanidine groups is 1. The van der Waals surface area contributed by atoms with Crippen molar-refractivity contribution < 1.29 is 9.47 Å². The lowest BCUT2D eigenvalue weighted by molar-refractivity contribution is 0.0355. The van der Waals surface area contributed by atoms with Crippen LogP contribution in [0.2, 0.25) is 0 Å². The third-order valence-electron chi connectivity index (χ3n) is 6.27. The monoisotopic (exact) mass is 438 g/mol. The number of benzene rings is 2. The highest BCUT2D eigenvalue weighted by molar-refractivity contribution is 5.79. The molecule has 0 bridgehead atoms. The molecule has 2 aromatic rings. The first-order chi connectivity index (χ1) is 15.5. The molecular weight excluding hydrogens is 400 g/mol. The number of rotatable bonds is 9. The van der Waals surface area contributed by atoms with Crippen molar-refractivity contribution in [3.63, 3.8) is 0 Å². The first kappa shape index (κ1) is 24.1. The van der Waals surface area contributed by atoms with E-state index < -0.39 is 0 Å². The van der Waals surface area contributed by atoms with Gasteiger partial charge in [0.1, 0.15) is 5.75 Å². The summed E-state index contributed by atoms with van der Waals surface area (Å²) in [4.78, 5) is 4.43. The minimum absolute atomic E-state index is 0.0323. The molecule has 1 aliphatic rings. The van der Waals surface area contributed by atoms with Crippen molar-refractivity contribution >= 4 is 5.96 Å². The van der Waals surface area contributed by atoms with Gasteiger partial charge in [-0.25, -0.2) is 0 Å². The Kier molecular flexibility index (Phi) is 8.94. The second kappa shape index (κ2) is 11.9. The maximum Gasteiger partial charge on any atom is 0.191 e. The molecule has 1 unspecified atom stereocenters. The molecule has 1 fully saturated rings. The van der Waals surface area contributed by atoms with E-state index in [-0.39, 0.29) is 11.6 Å². The Bertz CT molecular complexity index is 863. The third kappa shape index (κ3) is 6.71. The normalized spacial score (nSPS) is 16.9. The Labute approximate surface area is 192 Å². The van der Waals surface area contributed by atoms with Gasteiger partial charge in [0, 0.05) is 44.9 Å². The molecule has 1 heterocycles. The fraction of sp³-hybridized carbons (Fsp3) is 0.500. The topological polar surface area (TPSA) is 66.9 Å². The summed E-state index contributed by atoms with van der Waals surface area (Å²) in [5.41, 5.74) is 3.67. The molecule has 0 saturated carbocycles. The van der Waals surface area contributed by atoms with E-state index in [1.165, 1.54) is 11.1 Å². The Morgan fingerprint density at radius 2 is 1.88 bits per heavy atom. The highest BCUT2D eigenvalue weighted by Gasteiger charge is 2.34. The summed E-state index contributed by atoms with van der Waals surface area (Å²) in [7, 11) is 3.54. The second-order valence-electron chi connectivity index (χ2n) is 8.58. The van der Waals surface area contributed by atoms with Crippen molar-refractivity contribution in [2.24, 2.45) is 4.99 Å². The third-order valence-corrected chi connectivity index (χ3v) is 6.27. The summed E-state index contributed by atoms with van der Waals surface area (Å²) in [6, 6.07) is 17.2. The van der Waals surface area contributed by atoms with Gasteiger partial charge in [-0.15, -0.1) is 0 Å². The van der Waals surface area contributed by atoms with Crippen molar-refractivity contribution in [3.05, 3.63) is 65.2 Å². The molecule has 0 radical (unpaired) electrons. The highest BCUT2D eigenvalue weighted by Crippen LogP contribution is 2.25. The Morgan fingerprint density at radius 3 is 2.56 bits per heavy atom. The molecular formula is C26H38N4O2. The molecule has 0 amide bonds. The molecule has 174 valence electrons. The fourth-order valence-corrected chi connectivity index (χ4v) is 4.24. The quantitative estimate of drug-likeness (QED) is 0.412. The number of hydrogen-bond acceptors (Lipinski definition) is 4. The molecule has 0 spiro atoms. The summed E-state index contributed by atoms with van der Waals surface area (Å²) in [5.74, 6) is 1.76. The maximum absolute atomic E-state index is 5.66. The van der Waals surface area contributed by atoms with Crippen molar-refractivity contribution in [1.29, 1.82) is 0 Å². The lowest BCUT2D eigenvalue weighted by Gasteiger charge is -2.41. The van der Waals surface area contributed by atoms with Gasteiger partial charge in [0.15, 0.2) is 5.96 Å². The molecule has 0 aliphatic carbocycles. The summed E-state index contributed by atoms with van der Waals surface area (Å²) in [5, 5.41) is 10.9. The van der Waals surface area contributed by atoms with Crippen molar-refractivity contribution in [2.45, 2.75) is 44.7 Å². The second-order valence-corrected chi connectivity index (χ2v) is 8.58. The fourth-order valence-electron chi connectivity index (χ4n) is 4.24. The molecule has 6 heteroatoms. The van der Waals surface area contributed by atoms with Gasteiger partial charge < -0.3 is 25.4 Å². The average Bonchev–Trinajstić information content (AvgIpc) is 2.83. The molecule has 3 N–H and O–H groups in total. The number of methoxy groups -OCH3 is 1. The van der Waals surface area contributed by atoms with Gasteiger partial charge in [0.25, 0.3) is 0 Å². The van der Waals surface area contributed by atoms with E-state index in [0.717, 1.165) is 62.8 Å². The average molecular weight is 439 g/mol. The maximum atomic E-state index is 5.66. The Hall–Kier alpha value is -2.57. The van der Waals surface area contributed by atoms with Crippen LogP contribution in [0.5, 0.6) is 5.75 Å². The number of aliphatic imine (C=N–C) groups is 1. The number of ether oxygens (including phenoxy) is 2. The van der Waals surface area contributed by atoms with Gasteiger partial charge >= 0.3 is 0 Å². The molecule has 6 nitrogen and oxygen atoms in total. The van der Waals surface area contributed by atoms with Crippen LogP contribution in [0.1, 0.15) is 42.5 Å². The van der Waals surface area contributed by atoms with Crippen LogP contribution in [0, 0.1) is 6.92 Å². The number of nitrogens with one attached hydrogen (secondary N) is 3. The summed E-state index contributed by atoms with van der Waals surface area (Å²) >= 11 is 0.